The lowest BCUT2D eigenvalue weighted by molar-refractivity contribution is -0.303. The third-order valence-electron chi connectivity index (χ3n) is 1.83. The molecule has 0 aromatic rings. The van der Waals surface area contributed by atoms with Gasteiger partial charge >= 0.3 is 29.6 Å². The maximum atomic E-state index is 12.6. The van der Waals surface area contributed by atoms with Gasteiger partial charge in [0.1, 0.15) is 0 Å². The summed E-state index contributed by atoms with van der Waals surface area (Å²) in [4.78, 5) is 19.7. The SMILES string of the molecule is N#CN1C(=O)C(F)(F)C(F)(F)C(F)(F)C1=O. The van der Waals surface area contributed by atoms with Crippen LogP contribution in [0.5, 0.6) is 0 Å². The maximum absolute atomic E-state index is 12.6. The van der Waals surface area contributed by atoms with E-state index in [4.69, 9.17) is 5.26 Å². The van der Waals surface area contributed by atoms with E-state index in [2.05, 4.69) is 0 Å². The van der Waals surface area contributed by atoms with Gasteiger partial charge in [-0.25, -0.2) is 0 Å². The Morgan fingerprint density at radius 1 is 0.938 bits per heavy atom. The number of hydrogen-bond donors (Lipinski definition) is 0. The molecule has 1 fully saturated rings. The number of piperidine rings is 1. The first-order valence-electron chi connectivity index (χ1n) is 3.44. The van der Waals surface area contributed by atoms with Gasteiger partial charge < -0.3 is 0 Å². The number of nitrogens with zero attached hydrogens (tertiary/aromatic N) is 2. The predicted octanol–water partition coefficient (Wildman–Crippen LogP) is 0.742. The van der Waals surface area contributed by atoms with Crippen LogP contribution < -0.4 is 0 Å². The molecule has 0 aromatic heterocycles. The van der Waals surface area contributed by atoms with E-state index in [1.807, 2.05) is 0 Å². The quantitative estimate of drug-likeness (QED) is 0.360. The standard InChI is InChI=1S/C6F6N2O2/c7-4(8)2(15)14(1-13)3(16)5(9,10)6(4,11)12. The fraction of sp³-hybridized carbons (Fsp3) is 0.500. The van der Waals surface area contributed by atoms with Gasteiger partial charge in [0, 0.05) is 0 Å². The van der Waals surface area contributed by atoms with Crippen LogP contribution in [0, 0.1) is 11.5 Å². The largest absolute Gasteiger partial charge is 0.394 e. The van der Waals surface area contributed by atoms with Crippen molar-refractivity contribution in [2.24, 2.45) is 0 Å². The van der Waals surface area contributed by atoms with E-state index >= 15 is 0 Å². The van der Waals surface area contributed by atoms with Crippen molar-refractivity contribution in [2.75, 3.05) is 0 Å². The molecule has 0 N–H and O–H groups in total. The third-order valence-corrected chi connectivity index (χ3v) is 1.83. The van der Waals surface area contributed by atoms with Crippen LogP contribution in [-0.2, 0) is 9.59 Å². The molecule has 16 heavy (non-hydrogen) atoms. The molecule has 0 unspecified atom stereocenters. The normalized spacial score (nSPS) is 26.4. The molecule has 10 heteroatoms. The van der Waals surface area contributed by atoms with Crippen molar-refractivity contribution in [1.82, 2.24) is 4.90 Å². The van der Waals surface area contributed by atoms with Gasteiger partial charge in [0.2, 0.25) is 0 Å². The Bertz CT molecular complexity index is 382. The lowest BCUT2D eigenvalue weighted by atomic mass is 9.97. The van der Waals surface area contributed by atoms with Crippen molar-refractivity contribution in [3.63, 3.8) is 0 Å². The van der Waals surface area contributed by atoms with E-state index in [1.54, 1.807) is 0 Å². The average Bonchev–Trinajstić information content (AvgIpc) is 2.16. The van der Waals surface area contributed by atoms with Crippen LogP contribution in [-0.4, -0.2) is 34.5 Å². The Kier molecular flexibility index (Phi) is 2.20. The fourth-order valence-corrected chi connectivity index (χ4v) is 0.930. The van der Waals surface area contributed by atoms with Crippen LogP contribution >= 0.6 is 0 Å². The van der Waals surface area contributed by atoms with Gasteiger partial charge in [-0.05, 0) is 0 Å². The van der Waals surface area contributed by atoms with E-state index in [0.717, 1.165) is 0 Å². The van der Waals surface area contributed by atoms with E-state index in [-0.39, 0.29) is 0 Å². The molecule has 1 saturated heterocycles. The Labute approximate surface area is 83.0 Å². The molecule has 0 bridgehead atoms. The number of hydrogen-bond acceptors (Lipinski definition) is 3. The summed E-state index contributed by atoms with van der Waals surface area (Å²) < 4.78 is 75.2. The number of carbonyl (C=O) groups excluding carboxylic acids is 2. The molecule has 1 heterocycles. The van der Waals surface area contributed by atoms with Crippen molar-refractivity contribution in [2.45, 2.75) is 17.8 Å². The van der Waals surface area contributed by atoms with Crippen LogP contribution in [0.15, 0.2) is 0 Å². The summed E-state index contributed by atoms with van der Waals surface area (Å²) >= 11 is 0. The van der Waals surface area contributed by atoms with Crippen LogP contribution in [0.1, 0.15) is 0 Å². The zero-order valence-electron chi connectivity index (χ0n) is 6.98. The minimum atomic E-state index is -6.17. The van der Waals surface area contributed by atoms with Crippen molar-refractivity contribution in [3.8, 4) is 6.19 Å². The molecule has 0 atom stereocenters. The molecule has 88 valence electrons. The second-order valence-electron chi connectivity index (χ2n) is 2.77. The van der Waals surface area contributed by atoms with Gasteiger partial charge in [0.25, 0.3) is 0 Å². The molecule has 4 nitrogen and oxygen atoms in total. The van der Waals surface area contributed by atoms with Crippen molar-refractivity contribution in [1.29, 1.82) is 5.26 Å². The molecular formula is C6F6N2O2. The molecule has 1 rings (SSSR count). The summed E-state index contributed by atoms with van der Waals surface area (Å²) in [7, 11) is 0. The molecular weight excluding hydrogens is 246 g/mol. The van der Waals surface area contributed by atoms with Crippen molar-refractivity contribution >= 4 is 11.8 Å². The first kappa shape index (κ1) is 12.3. The fourth-order valence-electron chi connectivity index (χ4n) is 0.930. The maximum Gasteiger partial charge on any atom is 0.394 e. The first-order chi connectivity index (χ1) is 7.01. The predicted molar refractivity (Wildman–Crippen MR) is 32.3 cm³/mol. The summed E-state index contributed by atoms with van der Waals surface area (Å²) in [6.45, 7) is 0. The van der Waals surface area contributed by atoms with Crippen LogP contribution in [0.3, 0.4) is 0 Å². The summed E-state index contributed by atoms with van der Waals surface area (Å²) in [5.74, 6) is -23.8. The number of alkyl halides is 6. The van der Waals surface area contributed by atoms with Crippen LogP contribution in [0.4, 0.5) is 26.3 Å². The highest BCUT2D eigenvalue weighted by Crippen LogP contribution is 2.50. The summed E-state index contributed by atoms with van der Waals surface area (Å²) in [5.41, 5.74) is 0. The molecule has 0 aliphatic carbocycles. The topological polar surface area (TPSA) is 61.2 Å². The number of halogens is 6. The molecule has 0 spiro atoms. The van der Waals surface area contributed by atoms with E-state index in [1.165, 1.54) is 0 Å². The minimum absolute atomic E-state index is 0.393. The minimum Gasteiger partial charge on any atom is -0.266 e. The second kappa shape index (κ2) is 2.87. The van der Waals surface area contributed by atoms with Gasteiger partial charge in [0.15, 0.2) is 6.19 Å². The highest BCUT2D eigenvalue weighted by Gasteiger charge is 2.83. The molecule has 1 aliphatic rings. The smallest absolute Gasteiger partial charge is 0.266 e. The highest BCUT2D eigenvalue weighted by atomic mass is 19.3. The van der Waals surface area contributed by atoms with Gasteiger partial charge in [-0.15, -0.1) is 0 Å². The summed E-state index contributed by atoms with van der Waals surface area (Å²) in [6, 6.07) is 0. The number of carbonyl (C=O) groups is 2. The highest BCUT2D eigenvalue weighted by molar-refractivity contribution is 6.07. The average molecular weight is 246 g/mol. The van der Waals surface area contributed by atoms with E-state index in [0.29, 0.717) is 6.19 Å². The zero-order chi connectivity index (χ0) is 12.9. The zero-order valence-corrected chi connectivity index (χ0v) is 6.98. The van der Waals surface area contributed by atoms with E-state index < -0.39 is 34.5 Å². The van der Waals surface area contributed by atoms with Crippen LogP contribution in [0.2, 0.25) is 0 Å². The number of nitriles is 1. The number of rotatable bonds is 0. The van der Waals surface area contributed by atoms with Crippen molar-refractivity contribution in [3.05, 3.63) is 0 Å². The van der Waals surface area contributed by atoms with Crippen molar-refractivity contribution < 1.29 is 35.9 Å². The Morgan fingerprint density at radius 3 is 1.50 bits per heavy atom. The number of amides is 2. The molecule has 0 radical (unpaired) electrons. The lowest BCUT2D eigenvalue weighted by Gasteiger charge is -2.37. The van der Waals surface area contributed by atoms with Gasteiger partial charge in [-0.3, -0.25) is 9.59 Å². The number of imide groups is 1. The van der Waals surface area contributed by atoms with Gasteiger partial charge in [0.05, 0.1) is 0 Å². The molecule has 0 aromatic carbocycles. The Morgan fingerprint density at radius 2 is 1.25 bits per heavy atom. The lowest BCUT2D eigenvalue weighted by Crippen LogP contribution is -2.71. The van der Waals surface area contributed by atoms with Gasteiger partial charge in [-0.2, -0.15) is 36.5 Å². The second-order valence-corrected chi connectivity index (χ2v) is 2.77. The third kappa shape index (κ3) is 1.05. The molecule has 1 aliphatic heterocycles. The Balaban J connectivity index is 3.47. The van der Waals surface area contributed by atoms with Crippen LogP contribution in [0.25, 0.3) is 0 Å². The van der Waals surface area contributed by atoms with Gasteiger partial charge in [-0.1, -0.05) is 0 Å². The molecule has 0 saturated carbocycles. The summed E-state index contributed by atoms with van der Waals surface area (Å²) in [5, 5.41) is 7.99. The van der Waals surface area contributed by atoms with E-state index in [9.17, 15) is 35.9 Å². The first-order valence-corrected chi connectivity index (χ1v) is 3.44. The number of likely N-dealkylation sites (tertiary alicyclic amines) is 1. The Hall–Kier alpha value is -1.79. The monoisotopic (exact) mass is 246 g/mol. The summed E-state index contributed by atoms with van der Waals surface area (Å²) in [6.07, 6.45) is 0.393. The molecule has 2 amide bonds.